The van der Waals surface area contributed by atoms with Crippen molar-refractivity contribution in [1.29, 1.82) is 0 Å². The van der Waals surface area contributed by atoms with E-state index in [4.69, 9.17) is 11.6 Å². The highest BCUT2D eigenvalue weighted by molar-refractivity contribution is 7.89. The summed E-state index contributed by atoms with van der Waals surface area (Å²) < 4.78 is 28.7. The molecule has 3 heterocycles. The molecular formula is C11H14ClN5O2S. The van der Waals surface area contributed by atoms with Gasteiger partial charge in [-0.05, 0) is 6.92 Å². The van der Waals surface area contributed by atoms with E-state index < -0.39 is 10.0 Å². The summed E-state index contributed by atoms with van der Waals surface area (Å²) in [7, 11) is -3.65. The van der Waals surface area contributed by atoms with Gasteiger partial charge in [0.2, 0.25) is 0 Å². The number of hydrogen-bond acceptors (Lipinski definition) is 4. The number of aromatic nitrogens is 4. The molecule has 0 aromatic carbocycles. The lowest BCUT2D eigenvalue weighted by Crippen LogP contribution is -2.38. The number of halogens is 1. The van der Waals surface area contributed by atoms with Crippen LogP contribution in [0.5, 0.6) is 0 Å². The molecule has 0 saturated carbocycles. The molecule has 108 valence electrons. The molecule has 3 rings (SSSR count). The van der Waals surface area contributed by atoms with Gasteiger partial charge in [0.05, 0.1) is 12.4 Å². The number of aryl methyl sites for hydroxylation is 1. The van der Waals surface area contributed by atoms with Crippen LogP contribution in [-0.4, -0.2) is 39.0 Å². The number of aromatic amines is 1. The van der Waals surface area contributed by atoms with Gasteiger partial charge in [-0.2, -0.15) is 9.40 Å². The van der Waals surface area contributed by atoms with E-state index in [1.54, 1.807) is 13.1 Å². The standard InChI is InChI=1S/C11H14ClN5O2S/c1-8-9(6-12)11(15-14-8)20(18,19)17-5-4-16-3-2-13-10(16)7-17/h2-3H,4-7H2,1H3,(H,14,15). The van der Waals surface area contributed by atoms with Gasteiger partial charge < -0.3 is 4.57 Å². The van der Waals surface area contributed by atoms with Gasteiger partial charge in [-0.25, -0.2) is 13.4 Å². The molecule has 0 amide bonds. The first-order chi connectivity index (χ1) is 9.54. The van der Waals surface area contributed by atoms with E-state index in [9.17, 15) is 8.42 Å². The molecule has 2 aromatic heterocycles. The third kappa shape index (κ3) is 2.04. The molecule has 0 radical (unpaired) electrons. The zero-order chi connectivity index (χ0) is 14.3. The molecule has 7 nitrogen and oxygen atoms in total. The second kappa shape index (κ2) is 4.87. The lowest BCUT2D eigenvalue weighted by Gasteiger charge is -2.26. The smallest absolute Gasteiger partial charge is 0.263 e. The van der Waals surface area contributed by atoms with Crippen LogP contribution in [0.3, 0.4) is 0 Å². The average Bonchev–Trinajstić information content (AvgIpc) is 3.03. The van der Waals surface area contributed by atoms with Crippen LogP contribution < -0.4 is 0 Å². The first-order valence-electron chi connectivity index (χ1n) is 6.14. The predicted molar refractivity (Wildman–Crippen MR) is 72.7 cm³/mol. The molecule has 0 aliphatic carbocycles. The van der Waals surface area contributed by atoms with Gasteiger partial charge in [0.1, 0.15) is 5.82 Å². The Labute approximate surface area is 121 Å². The third-order valence-corrected chi connectivity index (χ3v) is 5.55. The van der Waals surface area contributed by atoms with E-state index in [0.29, 0.717) is 24.3 Å². The van der Waals surface area contributed by atoms with Crippen LogP contribution in [-0.2, 0) is 29.0 Å². The highest BCUT2D eigenvalue weighted by Gasteiger charge is 2.33. The Bertz CT molecular complexity index is 736. The number of alkyl halides is 1. The number of hydrogen-bond donors (Lipinski definition) is 1. The van der Waals surface area contributed by atoms with Crippen LogP contribution in [0.15, 0.2) is 17.4 Å². The van der Waals surface area contributed by atoms with E-state index >= 15 is 0 Å². The zero-order valence-corrected chi connectivity index (χ0v) is 12.4. The van der Waals surface area contributed by atoms with E-state index in [-0.39, 0.29) is 17.5 Å². The van der Waals surface area contributed by atoms with Crippen molar-refractivity contribution in [3.8, 4) is 0 Å². The molecule has 1 aliphatic rings. The second-order valence-corrected chi connectivity index (χ2v) is 6.76. The van der Waals surface area contributed by atoms with Crippen LogP contribution in [0.25, 0.3) is 0 Å². The molecular weight excluding hydrogens is 302 g/mol. The quantitative estimate of drug-likeness (QED) is 0.851. The summed E-state index contributed by atoms with van der Waals surface area (Å²) in [6.45, 7) is 3.00. The zero-order valence-electron chi connectivity index (χ0n) is 10.9. The van der Waals surface area contributed by atoms with Crippen molar-refractivity contribution in [3.63, 3.8) is 0 Å². The third-order valence-electron chi connectivity index (χ3n) is 3.46. The number of H-pyrrole nitrogens is 1. The molecule has 2 aromatic rings. The highest BCUT2D eigenvalue weighted by atomic mass is 35.5. The number of rotatable bonds is 3. The Morgan fingerprint density at radius 3 is 3.00 bits per heavy atom. The Hall–Kier alpha value is -1.38. The van der Waals surface area contributed by atoms with Gasteiger partial charge >= 0.3 is 0 Å². The molecule has 0 spiro atoms. The maximum absolute atomic E-state index is 12.7. The molecule has 0 saturated heterocycles. The Morgan fingerprint density at radius 1 is 1.45 bits per heavy atom. The Balaban J connectivity index is 1.97. The number of imidazole rings is 1. The first-order valence-corrected chi connectivity index (χ1v) is 8.11. The summed E-state index contributed by atoms with van der Waals surface area (Å²) in [5, 5.41) is 6.62. The van der Waals surface area contributed by atoms with Gasteiger partial charge in [0.25, 0.3) is 10.0 Å². The van der Waals surface area contributed by atoms with E-state index in [0.717, 1.165) is 5.82 Å². The van der Waals surface area contributed by atoms with Crippen molar-refractivity contribution in [2.24, 2.45) is 0 Å². The summed E-state index contributed by atoms with van der Waals surface area (Å²) in [5.41, 5.74) is 1.21. The van der Waals surface area contributed by atoms with Crippen molar-refractivity contribution in [2.75, 3.05) is 6.54 Å². The number of nitrogens with zero attached hydrogens (tertiary/aromatic N) is 4. The van der Waals surface area contributed by atoms with Crippen LogP contribution in [0.4, 0.5) is 0 Å². The number of nitrogens with one attached hydrogen (secondary N) is 1. The normalized spacial score (nSPS) is 16.3. The summed E-state index contributed by atoms with van der Waals surface area (Å²) in [6.07, 6.45) is 3.52. The summed E-state index contributed by atoms with van der Waals surface area (Å²) >= 11 is 5.83. The minimum atomic E-state index is -3.65. The largest absolute Gasteiger partial charge is 0.333 e. The highest BCUT2D eigenvalue weighted by Crippen LogP contribution is 2.24. The molecule has 0 bridgehead atoms. The average molecular weight is 316 g/mol. The van der Waals surface area contributed by atoms with Crippen molar-refractivity contribution >= 4 is 21.6 Å². The van der Waals surface area contributed by atoms with Gasteiger partial charge in [0, 0.05) is 36.7 Å². The molecule has 9 heteroatoms. The Kier molecular flexibility index (Phi) is 3.31. The van der Waals surface area contributed by atoms with Crippen molar-refractivity contribution in [3.05, 3.63) is 29.5 Å². The molecule has 20 heavy (non-hydrogen) atoms. The van der Waals surface area contributed by atoms with Crippen LogP contribution in [0.2, 0.25) is 0 Å². The lowest BCUT2D eigenvalue weighted by atomic mass is 10.3. The molecule has 0 atom stereocenters. The van der Waals surface area contributed by atoms with Gasteiger partial charge in [-0.15, -0.1) is 11.6 Å². The fourth-order valence-electron chi connectivity index (χ4n) is 2.28. The van der Waals surface area contributed by atoms with Gasteiger partial charge in [-0.3, -0.25) is 5.10 Å². The van der Waals surface area contributed by atoms with Gasteiger partial charge in [0.15, 0.2) is 5.03 Å². The van der Waals surface area contributed by atoms with E-state index in [1.165, 1.54) is 4.31 Å². The maximum Gasteiger partial charge on any atom is 0.263 e. The van der Waals surface area contributed by atoms with Crippen molar-refractivity contribution < 1.29 is 8.42 Å². The van der Waals surface area contributed by atoms with Crippen molar-refractivity contribution in [2.45, 2.75) is 30.9 Å². The van der Waals surface area contributed by atoms with Crippen molar-refractivity contribution in [1.82, 2.24) is 24.1 Å². The van der Waals surface area contributed by atoms with Crippen LogP contribution in [0, 0.1) is 6.92 Å². The lowest BCUT2D eigenvalue weighted by molar-refractivity contribution is 0.334. The number of fused-ring (bicyclic) bond motifs is 1. The fraction of sp³-hybridized carbons (Fsp3) is 0.455. The fourth-order valence-corrected chi connectivity index (χ4v) is 4.24. The summed E-state index contributed by atoms with van der Waals surface area (Å²) in [4.78, 5) is 4.16. The minimum Gasteiger partial charge on any atom is -0.333 e. The molecule has 1 aliphatic heterocycles. The summed E-state index contributed by atoms with van der Waals surface area (Å²) in [6, 6.07) is 0. The summed E-state index contributed by atoms with van der Waals surface area (Å²) in [5.74, 6) is 0.846. The monoisotopic (exact) mass is 315 g/mol. The molecule has 0 unspecified atom stereocenters. The minimum absolute atomic E-state index is 0.0185. The van der Waals surface area contributed by atoms with E-state index in [2.05, 4.69) is 15.2 Å². The SMILES string of the molecule is Cc1[nH]nc(S(=O)(=O)N2CCn3ccnc3C2)c1CCl. The first kappa shape index (κ1) is 13.6. The predicted octanol–water partition coefficient (Wildman–Crippen LogP) is 0.858. The number of sulfonamides is 1. The van der Waals surface area contributed by atoms with Crippen LogP contribution in [0.1, 0.15) is 17.1 Å². The van der Waals surface area contributed by atoms with E-state index in [1.807, 2.05) is 10.8 Å². The topological polar surface area (TPSA) is 83.9 Å². The maximum atomic E-state index is 12.7. The molecule has 0 fully saturated rings. The van der Waals surface area contributed by atoms with Crippen LogP contribution >= 0.6 is 11.6 Å². The van der Waals surface area contributed by atoms with Gasteiger partial charge in [-0.1, -0.05) is 0 Å². The second-order valence-electron chi connectivity index (χ2n) is 4.64. The molecule has 1 N–H and O–H groups in total. The Morgan fingerprint density at radius 2 is 2.25 bits per heavy atom.